The highest BCUT2D eigenvalue weighted by atomic mass is 32.1. The Morgan fingerprint density at radius 2 is 2.07 bits per heavy atom. The average Bonchev–Trinajstić information content (AvgIpc) is 3.22. The summed E-state index contributed by atoms with van der Waals surface area (Å²) in [5.74, 6) is 0. The van der Waals surface area contributed by atoms with Crippen LogP contribution in [0.2, 0.25) is 0 Å². The van der Waals surface area contributed by atoms with Gasteiger partial charge in [0.1, 0.15) is 5.60 Å². The lowest BCUT2D eigenvalue weighted by molar-refractivity contribution is -0.0666. The summed E-state index contributed by atoms with van der Waals surface area (Å²) in [6.45, 7) is 7.63. The zero-order chi connectivity index (χ0) is 19.9. The Kier molecular flexibility index (Phi) is 5.19. The van der Waals surface area contributed by atoms with Crippen molar-refractivity contribution in [2.45, 2.75) is 57.3 Å². The van der Waals surface area contributed by atoms with Crippen LogP contribution in [0, 0.1) is 0 Å². The second-order valence-corrected chi connectivity index (χ2v) is 9.32. The van der Waals surface area contributed by atoms with Gasteiger partial charge in [0, 0.05) is 13.0 Å². The van der Waals surface area contributed by atoms with Crippen molar-refractivity contribution in [3.8, 4) is 0 Å². The lowest BCUT2D eigenvalue weighted by Crippen LogP contribution is -2.55. The molecule has 0 spiro atoms. The van der Waals surface area contributed by atoms with Gasteiger partial charge in [-0.15, -0.1) is 0 Å². The molecule has 9 nitrogen and oxygen atoms in total. The van der Waals surface area contributed by atoms with E-state index >= 15 is 0 Å². The molecule has 2 saturated heterocycles. The molecular formula is C18H26N4O5S. The number of nitrogens with one attached hydrogen (secondary N) is 2. The zero-order valence-corrected chi connectivity index (χ0v) is 17.1. The van der Waals surface area contributed by atoms with Gasteiger partial charge in [-0.25, -0.2) is 14.6 Å². The summed E-state index contributed by atoms with van der Waals surface area (Å²) in [5.41, 5.74) is 0.359. The van der Waals surface area contributed by atoms with Crippen LogP contribution in [0.5, 0.6) is 0 Å². The summed E-state index contributed by atoms with van der Waals surface area (Å²) < 4.78 is 16.6. The van der Waals surface area contributed by atoms with Gasteiger partial charge in [-0.3, -0.25) is 10.2 Å². The highest BCUT2D eigenvalue weighted by Crippen LogP contribution is 2.41. The summed E-state index contributed by atoms with van der Waals surface area (Å²) in [5, 5.41) is 6.23. The van der Waals surface area contributed by atoms with Gasteiger partial charge in [0.25, 0.3) is 0 Å². The van der Waals surface area contributed by atoms with Gasteiger partial charge in [-0.1, -0.05) is 11.3 Å². The third kappa shape index (κ3) is 4.08. The smallest absolute Gasteiger partial charge is 0.411 e. The minimum atomic E-state index is -0.561. The maximum atomic E-state index is 12.8. The molecule has 28 heavy (non-hydrogen) atoms. The normalized spacial score (nSPS) is 26.5. The quantitative estimate of drug-likeness (QED) is 0.776. The number of morpholine rings is 1. The van der Waals surface area contributed by atoms with Crippen molar-refractivity contribution in [1.82, 2.24) is 15.2 Å². The summed E-state index contributed by atoms with van der Waals surface area (Å²) in [6.07, 6.45) is 1.06. The minimum absolute atomic E-state index is 0.0323. The van der Waals surface area contributed by atoms with E-state index in [4.69, 9.17) is 14.2 Å². The Morgan fingerprint density at radius 1 is 1.25 bits per heavy atom. The number of hydrogen-bond donors (Lipinski definition) is 2. The highest BCUT2D eigenvalue weighted by molar-refractivity contribution is 7.16. The molecule has 3 aliphatic heterocycles. The van der Waals surface area contributed by atoms with Gasteiger partial charge in [0.15, 0.2) is 5.13 Å². The molecule has 0 aliphatic carbocycles. The van der Waals surface area contributed by atoms with E-state index in [-0.39, 0.29) is 30.2 Å². The van der Waals surface area contributed by atoms with Gasteiger partial charge >= 0.3 is 12.1 Å². The largest absolute Gasteiger partial charge is 0.444 e. The number of aromatic nitrogens is 1. The molecule has 2 N–H and O–H groups in total. The maximum absolute atomic E-state index is 12.8. The van der Waals surface area contributed by atoms with Crippen molar-refractivity contribution in [3.05, 3.63) is 10.6 Å². The molecule has 1 aromatic rings. The fourth-order valence-electron chi connectivity index (χ4n) is 3.69. The Balaban J connectivity index is 1.48. The number of amides is 3. The van der Waals surface area contributed by atoms with E-state index in [0.29, 0.717) is 38.0 Å². The van der Waals surface area contributed by atoms with Crippen molar-refractivity contribution in [3.63, 3.8) is 0 Å². The molecule has 0 radical (unpaired) electrons. The molecule has 1 aromatic heterocycles. The van der Waals surface area contributed by atoms with E-state index in [1.807, 2.05) is 20.8 Å². The fourth-order valence-corrected chi connectivity index (χ4v) is 4.77. The van der Waals surface area contributed by atoms with Crippen molar-refractivity contribution in [2.75, 3.05) is 31.7 Å². The van der Waals surface area contributed by atoms with Crippen LogP contribution in [0.1, 0.15) is 43.8 Å². The third-order valence-electron chi connectivity index (χ3n) is 4.86. The molecule has 2 fully saturated rings. The number of carbonyl (C=O) groups excluding carboxylic acids is 2. The number of carbonyl (C=O) groups is 2. The first-order valence-corrected chi connectivity index (χ1v) is 10.4. The number of hydrogen-bond acceptors (Lipinski definition) is 7. The summed E-state index contributed by atoms with van der Waals surface area (Å²) in [4.78, 5) is 32.3. The van der Waals surface area contributed by atoms with E-state index in [9.17, 15) is 9.59 Å². The van der Waals surface area contributed by atoms with Crippen LogP contribution in [0.4, 0.5) is 14.7 Å². The van der Waals surface area contributed by atoms with Crippen LogP contribution in [0.3, 0.4) is 0 Å². The van der Waals surface area contributed by atoms with Gasteiger partial charge in [0.05, 0.1) is 48.5 Å². The first kappa shape index (κ1) is 19.4. The summed E-state index contributed by atoms with van der Waals surface area (Å²) in [6, 6.07) is -0.605. The maximum Gasteiger partial charge on any atom is 0.411 e. The van der Waals surface area contributed by atoms with E-state index in [0.717, 1.165) is 17.0 Å². The Bertz CT molecular complexity index is 756. The van der Waals surface area contributed by atoms with Crippen LogP contribution in [-0.4, -0.2) is 66.1 Å². The van der Waals surface area contributed by atoms with E-state index in [1.165, 1.54) is 11.3 Å². The van der Waals surface area contributed by atoms with Crippen molar-refractivity contribution < 1.29 is 23.8 Å². The average molecular weight is 410 g/mol. The lowest BCUT2D eigenvalue weighted by Gasteiger charge is -2.44. The standard InChI is InChI=1S/C18H26N4O5S/c1-18(2,3)27-17(24)22-11-6-12-14(13(22)9-26-8-11)28-16(20-12)21-15(23)19-10-4-5-25-7-10/h10-11,13H,4-9H2,1-3H3,(H2,19,20,21,23)/t10-,11+,13+/m1/s1. The predicted octanol–water partition coefficient (Wildman–Crippen LogP) is 2.29. The first-order valence-electron chi connectivity index (χ1n) is 9.54. The number of nitrogens with zero attached hydrogens (tertiary/aromatic N) is 2. The summed E-state index contributed by atoms with van der Waals surface area (Å²) >= 11 is 1.39. The minimum Gasteiger partial charge on any atom is -0.444 e. The highest BCUT2D eigenvalue weighted by Gasteiger charge is 2.44. The Labute approximate surface area is 167 Å². The molecular weight excluding hydrogens is 384 g/mol. The Hall–Kier alpha value is -1.91. The molecule has 0 aromatic carbocycles. The molecule has 154 valence electrons. The number of ether oxygens (including phenoxy) is 3. The number of anilines is 1. The van der Waals surface area contributed by atoms with Crippen LogP contribution < -0.4 is 10.6 Å². The van der Waals surface area contributed by atoms with Crippen molar-refractivity contribution in [1.29, 1.82) is 0 Å². The molecule has 10 heteroatoms. The zero-order valence-electron chi connectivity index (χ0n) is 16.3. The number of rotatable bonds is 2. The number of thiazole rings is 1. The molecule has 3 amide bonds. The molecule has 4 heterocycles. The van der Waals surface area contributed by atoms with Gasteiger partial charge in [0.2, 0.25) is 0 Å². The first-order chi connectivity index (χ1) is 13.3. The van der Waals surface area contributed by atoms with E-state index < -0.39 is 5.60 Å². The molecule has 3 aliphatic rings. The van der Waals surface area contributed by atoms with E-state index in [1.54, 1.807) is 4.90 Å². The topological polar surface area (TPSA) is 102 Å². The van der Waals surface area contributed by atoms with Crippen LogP contribution in [-0.2, 0) is 20.6 Å². The van der Waals surface area contributed by atoms with Gasteiger partial charge in [-0.05, 0) is 27.2 Å². The van der Waals surface area contributed by atoms with Crippen LogP contribution in [0.15, 0.2) is 0 Å². The second kappa shape index (κ2) is 7.49. The van der Waals surface area contributed by atoms with Gasteiger partial charge < -0.3 is 19.5 Å². The SMILES string of the molecule is CC(C)(C)OC(=O)N1[C@@H]2COC[C@H]1c1sc(NC(=O)N[C@@H]3CCOC3)nc1C2. The van der Waals surface area contributed by atoms with Gasteiger partial charge in [-0.2, -0.15) is 0 Å². The molecule has 2 bridgehead atoms. The second-order valence-electron chi connectivity index (χ2n) is 8.29. The predicted molar refractivity (Wildman–Crippen MR) is 103 cm³/mol. The van der Waals surface area contributed by atoms with Crippen molar-refractivity contribution in [2.24, 2.45) is 0 Å². The van der Waals surface area contributed by atoms with Crippen LogP contribution in [0.25, 0.3) is 0 Å². The van der Waals surface area contributed by atoms with E-state index in [2.05, 4.69) is 15.6 Å². The van der Waals surface area contributed by atoms with Crippen molar-refractivity contribution >= 4 is 28.6 Å². The molecule has 0 unspecified atom stereocenters. The van der Waals surface area contributed by atoms with Crippen LogP contribution >= 0.6 is 11.3 Å². The molecule has 0 saturated carbocycles. The summed E-state index contributed by atoms with van der Waals surface area (Å²) in [7, 11) is 0. The molecule has 3 atom stereocenters. The monoisotopic (exact) mass is 410 g/mol. The number of urea groups is 1. The fraction of sp³-hybridized carbons (Fsp3) is 0.722. The lowest BCUT2D eigenvalue weighted by atomic mass is 9.97. The Morgan fingerprint density at radius 3 is 2.79 bits per heavy atom. The third-order valence-corrected chi connectivity index (χ3v) is 5.98. The molecule has 4 rings (SSSR count). The number of fused-ring (bicyclic) bond motifs is 4.